The van der Waals surface area contributed by atoms with Crippen molar-refractivity contribution in [1.82, 2.24) is 19.8 Å². The summed E-state index contributed by atoms with van der Waals surface area (Å²) in [5.74, 6) is 0.640. The molecule has 4 aromatic rings. The Hall–Kier alpha value is -2.99. The number of rotatable bonds is 3. The van der Waals surface area contributed by atoms with Crippen LogP contribution in [0.3, 0.4) is 0 Å². The molecule has 0 spiro atoms. The van der Waals surface area contributed by atoms with Crippen LogP contribution < -0.4 is 4.74 Å². The highest BCUT2D eigenvalue weighted by Crippen LogP contribution is 2.27. The minimum atomic E-state index is -0.284. The lowest BCUT2D eigenvalue weighted by atomic mass is 10.1. The van der Waals surface area contributed by atoms with E-state index in [1.165, 1.54) is 16.6 Å². The number of aromatic nitrogens is 4. The van der Waals surface area contributed by atoms with Crippen LogP contribution in [0.4, 0.5) is 4.39 Å². The van der Waals surface area contributed by atoms with Gasteiger partial charge in [0, 0.05) is 6.07 Å². The number of hydrogen-bond donors (Lipinski definition) is 0. The molecule has 7 heteroatoms. The molecule has 0 aliphatic heterocycles. The van der Waals surface area contributed by atoms with Gasteiger partial charge in [0.05, 0.1) is 0 Å². The maximum atomic E-state index is 13.4. The van der Waals surface area contributed by atoms with Gasteiger partial charge >= 0.3 is 0 Å². The zero-order valence-corrected chi connectivity index (χ0v) is 13.0. The van der Waals surface area contributed by atoms with Gasteiger partial charge in [0.15, 0.2) is 5.65 Å². The fourth-order valence-electron chi connectivity index (χ4n) is 2.33. The molecule has 5 nitrogen and oxygen atoms in total. The molecule has 2 aromatic carbocycles. The number of hydrogen-bond acceptors (Lipinski definition) is 4. The molecule has 2 aromatic heterocycles. The molecule has 0 aliphatic carbocycles. The average molecular weight is 341 g/mol. The highest BCUT2D eigenvalue weighted by atomic mass is 35.5. The van der Waals surface area contributed by atoms with E-state index < -0.39 is 0 Å². The van der Waals surface area contributed by atoms with Crippen LogP contribution in [-0.4, -0.2) is 19.8 Å². The number of benzene rings is 2. The zero-order valence-electron chi connectivity index (χ0n) is 12.2. The number of halogens is 2. The number of fused-ring (bicyclic) bond motifs is 1. The van der Waals surface area contributed by atoms with E-state index in [1.807, 2.05) is 24.3 Å². The first-order valence-electron chi connectivity index (χ1n) is 7.11. The van der Waals surface area contributed by atoms with E-state index in [0.29, 0.717) is 17.3 Å². The van der Waals surface area contributed by atoms with Crippen molar-refractivity contribution in [2.24, 2.45) is 0 Å². The van der Waals surface area contributed by atoms with Crippen LogP contribution in [0.1, 0.15) is 0 Å². The van der Waals surface area contributed by atoms with Gasteiger partial charge in [-0.2, -0.15) is 4.52 Å². The lowest BCUT2D eigenvalue weighted by Gasteiger charge is -2.07. The number of nitrogens with zero attached hydrogens (tertiary/aromatic N) is 4. The molecule has 0 bridgehead atoms. The first-order valence-corrected chi connectivity index (χ1v) is 7.49. The quantitative estimate of drug-likeness (QED) is 0.555. The third kappa shape index (κ3) is 2.79. The van der Waals surface area contributed by atoms with E-state index in [9.17, 15) is 4.39 Å². The lowest BCUT2D eigenvalue weighted by Crippen LogP contribution is -1.95. The Labute approximate surface area is 141 Å². The second-order valence-electron chi connectivity index (χ2n) is 5.05. The largest absolute Gasteiger partial charge is 0.438 e. The molecule has 0 N–H and O–H groups in total. The molecule has 2 heterocycles. The minimum Gasteiger partial charge on any atom is -0.438 e. The Morgan fingerprint density at radius 2 is 1.71 bits per heavy atom. The highest BCUT2D eigenvalue weighted by Gasteiger charge is 2.07. The van der Waals surface area contributed by atoms with Crippen LogP contribution in [-0.2, 0) is 0 Å². The van der Waals surface area contributed by atoms with E-state index in [0.717, 1.165) is 11.1 Å². The molecule has 0 saturated carbocycles. The topological polar surface area (TPSA) is 52.3 Å². The molecular weight excluding hydrogens is 331 g/mol. The smallest absolute Gasteiger partial charge is 0.246 e. The highest BCUT2D eigenvalue weighted by molar-refractivity contribution is 6.28. The SMILES string of the molecule is Fc1cccc(-c2cccc(Oc3ccc4nnc(Cl)n4n3)c2)c1. The van der Waals surface area contributed by atoms with Crippen LogP contribution in [0, 0.1) is 5.82 Å². The summed E-state index contributed by atoms with van der Waals surface area (Å²) in [5, 5.41) is 12.0. The van der Waals surface area contributed by atoms with Crippen LogP contribution >= 0.6 is 11.6 Å². The maximum Gasteiger partial charge on any atom is 0.246 e. The van der Waals surface area contributed by atoms with Crippen LogP contribution in [0.2, 0.25) is 5.28 Å². The summed E-state index contributed by atoms with van der Waals surface area (Å²) in [4.78, 5) is 0. The van der Waals surface area contributed by atoms with Crippen molar-refractivity contribution in [2.75, 3.05) is 0 Å². The van der Waals surface area contributed by atoms with Crippen molar-refractivity contribution < 1.29 is 9.13 Å². The van der Waals surface area contributed by atoms with Crippen molar-refractivity contribution in [3.63, 3.8) is 0 Å². The second kappa shape index (κ2) is 5.90. The lowest BCUT2D eigenvalue weighted by molar-refractivity contribution is 0.452. The second-order valence-corrected chi connectivity index (χ2v) is 5.39. The van der Waals surface area contributed by atoms with E-state index in [2.05, 4.69) is 15.3 Å². The molecule has 0 unspecified atom stereocenters. The third-order valence-corrected chi connectivity index (χ3v) is 3.65. The Morgan fingerprint density at radius 1 is 0.917 bits per heavy atom. The molecule has 4 rings (SSSR count). The number of ether oxygens (including phenoxy) is 1. The zero-order chi connectivity index (χ0) is 16.5. The average Bonchev–Trinajstić information content (AvgIpc) is 2.96. The monoisotopic (exact) mass is 340 g/mol. The molecule has 0 aliphatic rings. The van der Waals surface area contributed by atoms with Crippen molar-refractivity contribution in [3.05, 3.63) is 71.8 Å². The van der Waals surface area contributed by atoms with Gasteiger partial charge in [0.2, 0.25) is 11.2 Å². The summed E-state index contributed by atoms with van der Waals surface area (Å²) in [7, 11) is 0. The molecule has 118 valence electrons. The van der Waals surface area contributed by atoms with Crippen LogP contribution in [0.5, 0.6) is 11.6 Å². The van der Waals surface area contributed by atoms with E-state index >= 15 is 0 Å². The van der Waals surface area contributed by atoms with Crippen molar-refractivity contribution in [2.45, 2.75) is 0 Å². The summed E-state index contributed by atoms with van der Waals surface area (Å²) < 4.78 is 20.5. The van der Waals surface area contributed by atoms with Gasteiger partial charge in [-0.25, -0.2) is 4.39 Å². The summed E-state index contributed by atoms with van der Waals surface area (Å²) in [6.07, 6.45) is 0. The van der Waals surface area contributed by atoms with Gasteiger partial charge < -0.3 is 4.74 Å². The van der Waals surface area contributed by atoms with Gasteiger partial charge in [0.1, 0.15) is 11.6 Å². The molecular formula is C17H10ClFN4O. The van der Waals surface area contributed by atoms with Crippen molar-refractivity contribution in [3.8, 4) is 22.8 Å². The molecule has 0 radical (unpaired) electrons. The fourth-order valence-corrected chi connectivity index (χ4v) is 2.49. The summed E-state index contributed by atoms with van der Waals surface area (Å²) in [6, 6.07) is 17.1. The van der Waals surface area contributed by atoms with Crippen LogP contribution in [0.25, 0.3) is 16.8 Å². The standard InChI is InChI=1S/C17H10ClFN4O/c18-17-21-20-15-7-8-16(22-23(15)17)24-14-6-2-4-12(10-14)11-3-1-5-13(19)9-11/h1-10H. The maximum absolute atomic E-state index is 13.4. The van der Waals surface area contributed by atoms with Crippen molar-refractivity contribution in [1.29, 1.82) is 0 Å². The van der Waals surface area contributed by atoms with Gasteiger partial charge in [-0.15, -0.1) is 15.3 Å². The Bertz CT molecular complexity index is 1030. The summed E-state index contributed by atoms with van der Waals surface area (Å²) in [5.41, 5.74) is 2.14. The molecule has 0 atom stereocenters. The molecule has 0 amide bonds. The predicted octanol–water partition coefficient (Wildman–Crippen LogP) is 4.38. The van der Waals surface area contributed by atoms with E-state index in [1.54, 1.807) is 24.3 Å². The molecule has 0 saturated heterocycles. The Kier molecular flexibility index (Phi) is 3.59. The first-order chi connectivity index (χ1) is 11.7. The summed E-state index contributed by atoms with van der Waals surface area (Å²) >= 11 is 5.90. The van der Waals surface area contributed by atoms with Gasteiger partial charge in [-0.05, 0) is 53.1 Å². The third-order valence-electron chi connectivity index (χ3n) is 3.41. The fraction of sp³-hybridized carbons (Fsp3) is 0. The first kappa shape index (κ1) is 14.6. The Morgan fingerprint density at radius 3 is 2.54 bits per heavy atom. The minimum absolute atomic E-state index is 0.156. The van der Waals surface area contributed by atoms with Crippen LogP contribution in [0.15, 0.2) is 60.7 Å². The molecule has 0 fully saturated rings. The van der Waals surface area contributed by atoms with Crippen molar-refractivity contribution >= 4 is 17.2 Å². The Balaban J connectivity index is 1.66. The van der Waals surface area contributed by atoms with Gasteiger partial charge in [-0.1, -0.05) is 24.3 Å². The van der Waals surface area contributed by atoms with E-state index in [4.69, 9.17) is 16.3 Å². The predicted molar refractivity (Wildman–Crippen MR) is 87.7 cm³/mol. The van der Waals surface area contributed by atoms with Gasteiger partial charge in [-0.3, -0.25) is 0 Å². The van der Waals surface area contributed by atoms with E-state index in [-0.39, 0.29) is 11.1 Å². The molecule has 24 heavy (non-hydrogen) atoms. The summed E-state index contributed by atoms with van der Waals surface area (Å²) in [6.45, 7) is 0. The normalized spacial score (nSPS) is 10.9. The van der Waals surface area contributed by atoms with Gasteiger partial charge in [0.25, 0.3) is 0 Å².